The summed E-state index contributed by atoms with van der Waals surface area (Å²) in [6, 6.07) is 5.22. The molecule has 1 saturated heterocycles. The minimum Gasteiger partial charge on any atom is -0.461 e. The summed E-state index contributed by atoms with van der Waals surface area (Å²) in [6.07, 6.45) is -1.18. The van der Waals surface area contributed by atoms with Gasteiger partial charge in [0.05, 0.1) is 12.1 Å². The fourth-order valence-corrected chi connectivity index (χ4v) is 7.07. The van der Waals surface area contributed by atoms with Crippen molar-refractivity contribution >= 4 is 22.3 Å². The Hall–Kier alpha value is -1.98. The maximum Gasteiger partial charge on any atom is 0.402 e. The predicted molar refractivity (Wildman–Crippen MR) is 108 cm³/mol. The molecule has 176 valence electrons. The van der Waals surface area contributed by atoms with E-state index in [1.54, 1.807) is 19.1 Å². The second-order valence-electron chi connectivity index (χ2n) is 8.65. The second kappa shape index (κ2) is 8.11. The monoisotopic (exact) mass is 476 g/mol. The van der Waals surface area contributed by atoms with Crippen LogP contribution in [-0.4, -0.2) is 50.1 Å². The van der Waals surface area contributed by atoms with E-state index in [4.69, 9.17) is 0 Å². The van der Waals surface area contributed by atoms with Gasteiger partial charge in [0.25, 0.3) is 10.2 Å². The van der Waals surface area contributed by atoms with E-state index in [0.29, 0.717) is 35.6 Å². The van der Waals surface area contributed by atoms with Crippen LogP contribution in [0.3, 0.4) is 0 Å². The van der Waals surface area contributed by atoms with Crippen molar-refractivity contribution in [3.05, 3.63) is 40.7 Å². The summed E-state index contributed by atoms with van der Waals surface area (Å²) in [5, 5.41) is 0. The van der Waals surface area contributed by atoms with E-state index < -0.39 is 40.3 Å². The number of carbonyl (C=O) groups is 1. The molecule has 0 amide bonds. The largest absolute Gasteiger partial charge is 0.461 e. The molecule has 0 radical (unpaired) electrons. The van der Waals surface area contributed by atoms with Crippen LogP contribution in [0, 0.1) is 11.8 Å². The van der Waals surface area contributed by atoms with Crippen LogP contribution in [-0.2, 0) is 32.6 Å². The summed E-state index contributed by atoms with van der Waals surface area (Å²) in [5.41, 5.74) is 1.34. The normalized spacial score (nSPS) is 29.7. The van der Waals surface area contributed by atoms with E-state index >= 15 is 0 Å². The van der Waals surface area contributed by atoms with E-state index in [1.807, 2.05) is 6.07 Å². The molecule has 1 aromatic rings. The molecule has 4 rings (SSSR count). The van der Waals surface area contributed by atoms with Gasteiger partial charge < -0.3 is 4.74 Å². The highest BCUT2D eigenvalue weighted by Gasteiger charge is 2.60. The third kappa shape index (κ3) is 4.29. The van der Waals surface area contributed by atoms with Crippen molar-refractivity contribution in [3.63, 3.8) is 0 Å². The van der Waals surface area contributed by atoms with E-state index in [2.05, 4.69) is 9.46 Å². The molecule has 32 heavy (non-hydrogen) atoms. The summed E-state index contributed by atoms with van der Waals surface area (Å²) in [6.45, 7) is -0.108. The minimum absolute atomic E-state index is 0.0523. The van der Waals surface area contributed by atoms with Crippen LogP contribution < -0.4 is 4.72 Å². The molecule has 1 N–H and O–H groups in total. The highest BCUT2D eigenvalue weighted by atomic mass is 32.2. The lowest BCUT2D eigenvalue weighted by Gasteiger charge is -2.33. The fraction of sp³-hybridized carbons (Fsp3) is 0.571. The van der Waals surface area contributed by atoms with E-state index in [9.17, 15) is 30.8 Å². The summed E-state index contributed by atoms with van der Waals surface area (Å²) < 4.78 is 85.7. The Morgan fingerprint density at radius 3 is 2.53 bits per heavy atom. The molecular formula is C21H24F4N2O4S. The predicted octanol–water partition coefficient (Wildman–Crippen LogP) is 3.14. The number of rotatable bonds is 4. The quantitative estimate of drug-likeness (QED) is 0.412. The van der Waals surface area contributed by atoms with E-state index in [0.717, 1.165) is 17.2 Å². The Bertz CT molecular complexity index is 1060. The average Bonchev–Trinajstić information content (AvgIpc) is 3.06. The number of esters is 1. The Morgan fingerprint density at radius 1 is 1.25 bits per heavy atom. The summed E-state index contributed by atoms with van der Waals surface area (Å²) >= 11 is 0. The Morgan fingerprint density at radius 2 is 1.91 bits per heavy atom. The lowest BCUT2D eigenvalue weighted by molar-refractivity contribution is -0.140. The fourth-order valence-electron chi connectivity index (χ4n) is 5.36. The van der Waals surface area contributed by atoms with Gasteiger partial charge in [-0.05, 0) is 67.2 Å². The third-order valence-corrected chi connectivity index (χ3v) is 8.28. The van der Waals surface area contributed by atoms with Crippen LogP contribution in [0.1, 0.15) is 36.5 Å². The summed E-state index contributed by atoms with van der Waals surface area (Å²) in [5.74, 6) is -2.40. The molecule has 1 aliphatic heterocycles. The Kier molecular flexibility index (Phi) is 5.87. The number of nitrogens with one attached hydrogen (secondary N) is 1. The molecule has 2 fully saturated rings. The van der Waals surface area contributed by atoms with Gasteiger partial charge in [-0.1, -0.05) is 18.2 Å². The zero-order valence-electron chi connectivity index (χ0n) is 17.4. The smallest absolute Gasteiger partial charge is 0.402 e. The number of ether oxygens (including phenoxy) is 1. The van der Waals surface area contributed by atoms with Gasteiger partial charge in [0.1, 0.15) is 6.54 Å². The molecule has 11 heteroatoms. The molecule has 1 aromatic carbocycles. The van der Waals surface area contributed by atoms with Crippen LogP contribution >= 0.6 is 0 Å². The number of hydrogen-bond acceptors (Lipinski definition) is 4. The first-order chi connectivity index (χ1) is 14.9. The van der Waals surface area contributed by atoms with Gasteiger partial charge in [0.2, 0.25) is 5.83 Å². The minimum atomic E-state index is -4.63. The van der Waals surface area contributed by atoms with Gasteiger partial charge >= 0.3 is 12.1 Å². The van der Waals surface area contributed by atoms with Gasteiger partial charge in [-0.3, -0.25) is 0 Å². The van der Waals surface area contributed by atoms with Crippen molar-refractivity contribution in [1.82, 2.24) is 9.03 Å². The molecule has 3 atom stereocenters. The zero-order chi connectivity index (χ0) is 23.3. The van der Waals surface area contributed by atoms with Crippen molar-refractivity contribution in [1.29, 1.82) is 0 Å². The number of benzene rings is 1. The maximum absolute atomic E-state index is 14.0. The van der Waals surface area contributed by atoms with Gasteiger partial charge in [-0.2, -0.15) is 35.0 Å². The summed E-state index contributed by atoms with van der Waals surface area (Å²) in [4.78, 5) is 11.5. The zero-order valence-corrected chi connectivity index (χ0v) is 18.2. The highest BCUT2D eigenvalue weighted by Crippen LogP contribution is 2.50. The molecule has 1 saturated carbocycles. The molecular weight excluding hydrogens is 452 g/mol. The number of carbonyl (C=O) groups excluding carboxylic acids is 1. The van der Waals surface area contributed by atoms with Crippen molar-refractivity contribution in [2.75, 3.05) is 19.7 Å². The van der Waals surface area contributed by atoms with Crippen LogP contribution in [0.2, 0.25) is 0 Å². The topological polar surface area (TPSA) is 75.7 Å². The molecule has 0 unspecified atom stereocenters. The molecule has 2 aliphatic carbocycles. The van der Waals surface area contributed by atoms with Crippen LogP contribution in [0.25, 0.3) is 6.08 Å². The van der Waals surface area contributed by atoms with Crippen LogP contribution in [0.4, 0.5) is 17.6 Å². The molecule has 1 spiro atoms. The van der Waals surface area contributed by atoms with E-state index in [-0.39, 0.29) is 25.0 Å². The van der Waals surface area contributed by atoms with Crippen molar-refractivity contribution in [3.8, 4) is 0 Å². The van der Waals surface area contributed by atoms with Gasteiger partial charge in [0.15, 0.2) is 0 Å². The number of halogens is 4. The SMILES string of the molecule is CCOC(=O)/C(F)=C\c1ccc2c(c1)C[C@@H]1CC[C@H](C2)[C@]12CN(CC(F)(F)F)S(=O)(=O)N2. The first-order valence-electron chi connectivity index (χ1n) is 10.5. The highest BCUT2D eigenvalue weighted by molar-refractivity contribution is 7.87. The van der Waals surface area contributed by atoms with Crippen molar-refractivity contribution in [2.45, 2.75) is 44.3 Å². The number of nitrogens with zero attached hydrogens (tertiary/aromatic N) is 1. The molecule has 3 aliphatic rings. The van der Waals surface area contributed by atoms with Crippen molar-refractivity contribution in [2.24, 2.45) is 11.8 Å². The maximum atomic E-state index is 14.0. The Balaban J connectivity index is 1.62. The lowest BCUT2D eigenvalue weighted by Crippen LogP contribution is -2.52. The lowest BCUT2D eigenvalue weighted by atomic mass is 9.79. The Labute approximate surface area is 183 Å². The third-order valence-electron chi connectivity index (χ3n) is 6.70. The van der Waals surface area contributed by atoms with Crippen LogP contribution in [0.15, 0.2) is 24.0 Å². The average molecular weight is 476 g/mol. The molecule has 2 bridgehead atoms. The first kappa shape index (κ1) is 23.2. The first-order valence-corrected chi connectivity index (χ1v) is 11.9. The standard InChI is InChI=1S/C21H24F4N2O4S/c1-2-31-19(28)18(22)8-13-3-4-14-9-16-5-6-17(10-15(14)7-13)20(16)11-27(12-21(23,24)25)32(29,30)26-20/h3-4,7-8,16-17,26H,2,5-6,9-12H2,1H3/b18-8+/t16-,17+,20-/m1/s1. The summed E-state index contributed by atoms with van der Waals surface area (Å²) in [7, 11) is -4.24. The van der Waals surface area contributed by atoms with Gasteiger partial charge in [0, 0.05) is 6.54 Å². The number of alkyl halides is 3. The molecule has 6 nitrogen and oxygen atoms in total. The second-order valence-corrected chi connectivity index (χ2v) is 10.3. The molecule has 0 aromatic heterocycles. The number of fused-ring (bicyclic) bond motifs is 1. The number of hydrogen-bond donors (Lipinski definition) is 1. The van der Waals surface area contributed by atoms with Gasteiger partial charge in [-0.25, -0.2) is 4.79 Å². The molecule has 1 heterocycles. The van der Waals surface area contributed by atoms with E-state index in [1.165, 1.54) is 0 Å². The van der Waals surface area contributed by atoms with Crippen LogP contribution in [0.5, 0.6) is 0 Å². The van der Waals surface area contributed by atoms with Gasteiger partial charge in [-0.15, -0.1) is 0 Å². The van der Waals surface area contributed by atoms with Crippen molar-refractivity contribution < 1.29 is 35.5 Å².